The molecular formula is C28H32N2O. The number of piperidine rings is 1. The molecule has 6 rings (SSSR count). The molecule has 3 nitrogen and oxygen atoms in total. The standard InChI is InChI=1S/C28H32N2O/c1-19-5-3-6-21-13-22-14-24-18-30(17-20-9-10-20)12-11-28(24,16-26(22)29-27(19)21)23-7-4-8-25(15-23)31-2/h3-8,13,15,20,24H,9-12,14,16-18H2,1-2H3/t24-,28-/m0/s1. The number of ether oxygens (including phenoxy) is 1. The number of rotatable bonds is 4. The summed E-state index contributed by atoms with van der Waals surface area (Å²) in [7, 11) is 1.78. The summed E-state index contributed by atoms with van der Waals surface area (Å²) in [6, 6.07) is 17.9. The first-order valence-electron chi connectivity index (χ1n) is 11.9. The topological polar surface area (TPSA) is 25.4 Å². The highest BCUT2D eigenvalue weighted by molar-refractivity contribution is 5.82. The smallest absolute Gasteiger partial charge is 0.119 e. The molecule has 1 aliphatic heterocycles. The number of nitrogens with zero attached hydrogens (tertiary/aromatic N) is 2. The van der Waals surface area contributed by atoms with E-state index in [0.717, 1.165) is 24.5 Å². The van der Waals surface area contributed by atoms with Crippen LogP contribution < -0.4 is 4.74 Å². The monoisotopic (exact) mass is 412 g/mol. The zero-order valence-electron chi connectivity index (χ0n) is 18.7. The number of aryl methyl sites for hydroxylation is 1. The Morgan fingerprint density at radius 1 is 1.13 bits per heavy atom. The Bertz CT molecular complexity index is 1140. The van der Waals surface area contributed by atoms with Gasteiger partial charge in [0.05, 0.1) is 12.6 Å². The minimum Gasteiger partial charge on any atom is -0.497 e. The van der Waals surface area contributed by atoms with E-state index < -0.39 is 0 Å². The number of hydrogen-bond acceptors (Lipinski definition) is 3. The highest BCUT2D eigenvalue weighted by Gasteiger charge is 2.48. The van der Waals surface area contributed by atoms with Crippen molar-refractivity contribution in [3.63, 3.8) is 0 Å². The Labute approximate surface area is 185 Å². The van der Waals surface area contributed by atoms with Gasteiger partial charge in [0.15, 0.2) is 0 Å². The third-order valence-corrected chi connectivity index (χ3v) is 8.16. The van der Waals surface area contributed by atoms with Crippen LogP contribution >= 0.6 is 0 Å². The van der Waals surface area contributed by atoms with Crippen molar-refractivity contribution in [3.05, 3.63) is 70.9 Å². The Balaban J connectivity index is 1.44. The van der Waals surface area contributed by atoms with Crippen molar-refractivity contribution in [3.8, 4) is 5.75 Å². The average molecular weight is 413 g/mol. The summed E-state index contributed by atoms with van der Waals surface area (Å²) in [4.78, 5) is 8.01. The summed E-state index contributed by atoms with van der Waals surface area (Å²) in [6.45, 7) is 5.89. The SMILES string of the molecule is COc1cccc([C@@]23CCN(CC4CC4)C[C@@H]2Cc2cc4cccc(C)c4nc2C3)c1. The Kier molecular flexibility index (Phi) is 4.57. The Morgan fingerprint density at radius 2 is 2.00 bits per heavy atom. The van der Waals surface area contributed by atoms with Gasteiger partial charge in [-0.1, -0.05) is 30.3 Å². The molecule has 1 saturated carbocycles. The first kappa shape index (κ1) is 19.3. The van der Waals surface area contributed by atoms with Crippen LogP contribution in [0.4, 0.5) is 0 Å². The summed E-state index contributed by atoms with van der Waals surface area (Å²) in [5.74, 6) is 2.55. The van der Waals surface area contributed by atoms with E-state index >= 15 is 0 Å². The van der Waals surface area contributed by atoms with Gasteiger partial charge in [0.2, 0.25) is 0 Å². The third kappa shape index (κ3) is 3.34. The van der Waals surface area contributed by atoms with E-state index in [1.54, 1.807) is 7.11 Å². The fourth-order valence-corrected chi connectivity index (χ4v) is 6.20. The summed E-state index contributed by atoms with van der Waals surface area (Å²) in [5.41, 5.74) is 6.83. The van der Waals surface area contributed by atoms with Gasteiger partial charge in [-0.15, -0.1) is 0 Å². The molecule has 0 unspecified atom stereocenters. The fourth-order valence-electron chi connectivity index (χ4n) is 6.20. The Morgan fingerprint density at radius 3 is 2.84 bits per heavy atom. The van der Waals surface area contributed by atoms with Crippen LogP contribution in [0.15, 0.2) is 48.5 Å². The van der Waals surface area contributed by atoms with Gasteiger partial charge in [0, 0.05) is 36.0 Å². The zero-order valence-corrected chi connectivity index (χ0v) is 18.7. The van der Waals surface area contributed by atoms with Crippen molar-refractivity contribution in [1.82, 2.24) is 9.88 Å². The van der Waals surface area contributed by atoms with Crippen LogP contribution in [0, 0.1) is 18.8 Å². The van der Waals surface area contributed by atoms with Gasteiger partial charge in [-0.3, -0.25) is 4.98 Å². The van der Waals surface area contributed by atoms with E-state index in [9.17, 15) is 0 Å². The highest BCUT2D eigenvalue weighted by Crippen LogP contribution is 2.49. The molecule has 0 radical (unpaired) electrons. The fraction of sp³-hybridized carbons (Fsp3) is 0.464. The van der Waals surface area contributed by atoms with Crippen molar-refractivity contribution in [2.24, 2.45) is 11.8 Å². The number of fused-ring (bicyclic) bond motifs is 3. The molecule has 0 amide bonds. The Hall–Kier alpha value is -2.39. The van der Waals surface area contributed by atoms with Gasteiger partial charge in [0.25, 0.3) is 0 Å². The van der Waals surface area contributed by atoms with Crippen molar-refractivity contribution in [1.29, 1.82) is 0 Å². The predicted molar refractivity (Wildman–Crippen MR) is 126 cm³/mol. The van der Waals surface area contributed by atoms with Crippen LogP contribution in [0.25, 0.3) is 10.9 Å². The van der Waals surface area contributed by atoms with E-state index in [1.165, 1.54) is 72.2 Å². The molecule has 2 atom stereocenters. The minimum atomic E-state index is 0.158. The average Bonchev–Trinajstić information content (AvgIpc) is 3.61. The number of hydrogen-bond donors (Lipinski definition) is 0. The van der Waals surface area contributed by atoms with Crippen LogP contribution in [-0.2, 0) is 18.3 Å². The van der Waals surface area contributed by atoms with Crippen LogP contribution in [0.5, 0.6) is 5.75 Å². The lowest BCUT2D eigenvalue weighted by atomic mass is 9.58. The van der Waals surface area contributed by atoms with Crippen molar-refractivity contribution >= 4 is 10.9 Å². The molecule has 0 bridgehead atoms. The minimum absolute atomic E-state index is 0.158. The lowest BCUT2D eigenvalue weighted by molar-refractivity contribution is 0.0777. The lowest BCUT2D eigenvalue weighted by Crippen LogP contribution is -2.54. The molecule has 160 valence electrons. The maximum atomic E-state index is 5.62. The molecule has 2 fully saturated rings. The van der Waals surface area contributed by atoms with Crippen LogP contribution in [0.3, 0.4) is 0 Å². The van der Waals surface area contributed by atoms with Gasteiger partial charge in [-0.25, -0.2) is 0 Å². The molecule has 3 heteroatoms. The molecule has 1 saturated heterocycles. The number of aromatic nitrogens is 1. The quantitative estimate of drug-likeness (QED) is 0.580. The number of likely N-dealkylation sites (tertiary alicyclic amines) is 1. The molecule has 3 aliphatic rings. The van der Waals surface area contributed by atoms with E-state index in [0.29, 0.717) is 5.92 Å². The van der Waals surface area contributed by atoms with Gasteiger partial charge < -0.3 is 9.64 Å². The largest absolute Gasteiger partial charge is 0.497 e. The molecule has 3 aromatic rings. The summed E-state index contributed by atoms with van der Waals surface area (Å²) < 4.78 is 5.62. The van der Waals surface area contributed by atoms with E-state index in [-0.39, 0.29) is 5.41 Å². The van der Waals surface area contributed by atoms with Crippen LogP contribution in [0.1, 0.15) is 41.6 Å². The van der Waals surface area contributed by atoms with E-state index in [1.807, 2.05) is 0 Å². The summed E-state index contributed by atoms with van der Waals surface area (Å²) in [6.07, 6.45) is 6.25. The van der Waals surface area contributed by atoms with Crippen LogP contribution in [0.2, 0.25) is 0 Å². The first-order valence-corrected chi connectivity index (χ1v) is 11.9. The van der Waals surface area contributed by atoms with Gasteiger partial charge in [-0.2, -0.15) is 0 Å². The molecule has 0 N–H and O–H groups in total. The second-order valence-electron chi connectivity index (χ2n) is 10.2. The van der Waals surface area contributed by atoms with Crippen molar-refractivity contribution < 1.29 is 4.74 Å². The van der Waals surface area contributed by atoms with E-state index in [4.69, 9.17) is 9.72 Å². The summed E-state index contributed by atoms with van der Waals surface area (Å²) in [5, 5.41) is 1.29. The molecule has 2 aromatic carbocycles. The lowest BCUT2D eigenvalue weighted by Gasteiger charge is -2.51. The number of methoxy groups -OCH3 is 1. The van der Waals surface area contributed by atoms with E-state index in [2.05, 4.69) is 60.4 Å². The predicted octanol–water partition coefficient (Wildman–Crippen LogP) is 5.32. The number of benzene rings is 2. The van der Waals surface area contributed by atoms with Gasteiger partial charge in [0.1, 0.15) is 5.75 Å². The van der Waals surface area contributed by atoms with Gasteiger partial charge in [-0.05, 0) is 85.9 Å². The second kappa shape index (κ2) is 7.34. The second-order valence-corrected chi connectivity index (χ2v) is 10.2. The van der Waals surface area contributed by atoms with Crippen molar-refractivity contribution in [2.75, 3.05) is 26.7 Å². The molecule has 2 aliphatic carbocycles. The van der Waals surface area contributed by atoms with Crippen LogP contribution in [-0.4, -0.2) is 36.6 Å². The maximum Gasteiger partial charge on any atom is 0.119 e. The van der Waals surface area contributed by atoms with Gasteiger partial charge >= 0.3 is 0 Å². The highest BCUT2D eigenvalue weighted by atomic mass is 16.5. The molecule has 1 aromatic heterocycles. The third-order valence-electron chi connectivity index (χ3n) is 8.16. The molecule has 2 heterocycles. The molecular weight excluding hydrogens is 380 g/mol. The number of pyridine rings is 1. The van der Waals surface area contributed by atoms with Crippen molar-refractivity contribution in [2.45, 2.75) is 44.4 Å². The first-order chi connectivity index (χ1) is 15.1. The molecule has 31 heavy (non-hydrogen) atoms. The normalized spacial score (nSPS) is 25.8. The summed E-state index contributed by atoms with van der Waals surface area (Å²) >= 11 is 0. The number of para-hydroxylation sites is 1. The molecule has 0 spiro atoms. The zero-order chi connectivity index (χ0) is 21.0. The maximum absolute atomic E-state index is 5.62.